The van der Waals surface area contributed by atoms with Crippen molar-refractivity contribution in [3.05, 3.63) is 0 Å². The van der Waals surface area contributed by atoms with E-state index < -0.39 is 12.0 Å². The summed E-state index contributed by atoms with van der Waals surface area (Å²) in [6, 6.07) is -0.840. The van der Waals surface area contributed by atoms with Gasteiger partial charge in [0.05, 0.1) is 6.04 Å². The van der Waals surface area contributed by atoms with Crippen molar-refractivity contribution in [1.82, 2.24) is 9.80 Å². The Labute approximate surface area is 89.7 Å². The van der Waals surface area contributed by atoms with Gasteiger partial charge in [-0.1, -0.05) is 0 Å². The largest absolute Gasteiger partial charge is 0.480 e. The first kappa shape index (κ1) is 12.0. The number of likely N-dealkylation sites (N-methyl/N-ethyl adjacent to an activating group) is 1. The summed E-state index contributed by atoms with van der Waals surface area (Å²) in [6.45, 7) is 2.46. The molecule has 0 aliphatic carbocycles. The van der Waals surface area contributed by atoms with Gasteiger partial charge in [-0.2, -0.15) is 0 Å². The van der Waals surface area contributed by atoms with Crippen molar-refractivity contribution in [3.8, 4) is 0 Å². The van der Waals surface area contributed by atoms with Crippen molar-refractivity contribution in [2.75, 3.05) is 20.6 Å². The van der Waals surface area contributed by atoms with E-state index in [0.29, 0.717) is 13.0 Å². The average molecular weight is 214 g/mol. The van der Waals surface area contributed by atoms with Gasteiger partial charge in [-0.15, -0.1) is 0 Å². The Morgan fingerprint density at radius 2 is 2.07 bits per heavy atom. The van der Waals surface area contributed by atoms with Crippen LogP contribution in [0.1, 0.15) is 19.8 Å². The lowest BCUT2D eigenvalue weighted by Crippen LogP contribution is -2.49. The molecule has 5 heteroatoms. The van der Waals surface area contributed by atoms with Gasteiger partial charge in [0.1, 0.15) is 6.04 Å². The van der Waals surface area contributed by atoms with E-state index in [1.807, 2.05) is 0 Å². The van der Waals surface area contributed by atoms with E-state index >= 15 is 0 Å². The molecule has 1 heterocycles. The van der Waals surface area contributed by atoms with Gasteiger partial charge in [0.2, 0.25) is 5.91 Å². The average Bonchev–Trinajstić information content (AvgIpc) is 2.63. The zero-order chi connectivity index (χ0) is 11.6. The quantitative estimate of drug-likeness (QED) is 0.719. The number of hydrogen-bond acceptors (Lipinski definition) is 3. The molecule has 0 aromatic carbocycles. The molecule has 1 aliphatic rings. The second-order valence-corrected chi connectivity index (χ2v) is 4.14. The molecule has 1 aliphatic heterocycles. The highest BCUT2D eigenvalue weighted by atomic mass is 16.4. The second kappa shape index (κ2) is 4.61. The van der Waals surface area contributed by atoms with E-state index in [1.165, 1.54) is 4.90 Å². The number of carbonyl (C=O) groups is 2. The maximum absolute atomic E-state index is 11.7. The molecular weight excluding hydrogens is 196 g/mol. The van der Waals surface area contributed by atoms with Gasteiger partial charge < -0.3 is 10.0 Å². The minimum atomic E-state index is -0.828. The number of likely N-dealkylation sites (tertiary alicyclic amines) is 1. The van der Waals surface area contributed by atoms with Crippen LogP contribution in [0.4, 0.5) is 0 Å². The van der Waals surface area contributed by atoms with Gasteiger partial charge in [-0.05, 0) is 26.3 Å². The van der Waals surface area contributed by atoms with Crippen molar-refractivity contribution in [2.24, 2.45) is 0 Å². The maximum Gasteiger partial charge on any atom is 0.320 e. The number of carboxylic acid groups (broad SMARTS) is 1. The van der Waals surface area contributed by atoms with Crippen LogP contribution >= 0.6 is 0 Å². The van der Waals surface area contributed by atoms with Crippen molar-refractivity contribution >= 4 is 11.9 Å². The molecule has 86 valence electrons. The molecule has 0 bridgehead atoms. The molecule has 0 aromatic rings. The van der Waals surface area contributed by atoms with Crippen LogP contribution in [0.3, 0.4) is 0 Å². The Bertz CT molecular complexity index is 265. The van der Waals surface area contributed by atoms with E-state index in [0.717, 1.165) is 6.42 Å². The molecule has 5 nitrogen and oxygen atoms in total. The molecule has 1 amide bonds. The van der Waals surface area contributed by atoms with Crippen molar-refractivity contribution in [3.63, 3.8) is 0 Å². The summed E-state index contributed by atoms with van der Waals surface area (Å²) in [5, 5.41) is 8.99. The fourth-order valence-electron chi connectivity index (χ4n) is 2.03. The first-order valence-electron chi connectivity index (χ1n) is 5.15. The molecule has 1 fully saturated rings. The van der Waals surface area contributed by atoms with Gasteiger partial charge in [-0.3, -0.25) is 14.5 Å². The monoisotopic (exact) mass is 214 g/mol. The minimum Gasteiger partial charge on any atom is -0.480 e. The molecule has 1 saturated heterocycles. The standard InChI is InChI=1S/C10H18N2O3/c1-7(9(13)11(2)3)12-6-4-5-8(12)10(14)15/h7-8H,4-6H2,1-3H3,(H,14,15). The molecule has 0 spiro atoms. The third-order valence-electron chi connectivity index (χ3n) is 2.87. The number of carboxylic acids is 1. The zero-order valence-electron chi connectivity index (χ0n) is 9.43. The third-order valence-corrected chi connectivity index (χ3v) is 2.87. The Kier molecular flexibility index (Phi) is 3.68. The molecule has 2 atom stereocenters. The fourth-order valence-corrected chi connectivity index (χ4v) is 2.03. The first-order chi connectivity index (χ1) is 6.95. The van der Waals surface area contributed by atoms with Crippen LogP contribution in [0.2, 0.25) is 0 Å². The van der Waals surface area contributed by atoms with Crippen LogP contribution in [0, 0.1) is 0 Å². The fraction of sp³-hybridized carbons (Fsp3) is 0.800. The summed E-state index contributed by atoms with van der Waals surface area (Å²) in [4.78, 5) is 25.9. The summed E-state index contributed by atoms with van der Waals surface area (Å²) in [5.74, 6) is -0.867. The van der Waals surface area contributed by atoms with Crippen LogP contribution in [0.5, 0.6) is 0 Å². The Morgan fingerprint density at radius 3 is 2.53 bits per heavy atom. The van der Waals surface area contributed by atoms with Crippen LogP contribution in [0.15, 0.2) is 0 Å². The molecule has 0 saturated carbocycles. The highest BCUT2D eigenvalue weighted by Gasteiger charge is 2.36. The summed E-state index contributed by atoms with van der Waals surface area (Å²) in [7, 11) is 3.37. The molecule has 1 rings (SSSR count). The molecule has 1 N–H and O–H groups in total. The molecule has 0 radical (unpaired) electrons. The first-order valence-corrected chi connectivity index (χ1v) is 5.15. The number of hydrogen-bond donors (Lipinski definition) is 1. The lowest BCUT2D eigenvalue weighted by atomic mass is 10.2. The van der Waals surface area contributed by atoms with E-state index in [2.05, 4.69) is 0 Å². The van der Waals surface area contributed by atoms with Crippen LogP contribution < -0.4 is 0 Å². The van der Waals surface area contributed by atoms with Gasteiger partial charge in [0, 0.05) is 14.1 Å². The summed E-state index contributed by atoms with van der Waals surface area (Å²) in [5.41, 5.74) is 0. The Hall–Kier alpha value is -1.10. The summed E-state index contributed by atoms with van der Waals surface area (Å²) < 4.78 is 0. The van der Waals surface area contributed by atoms with Crippen LogP contribution in [-0.4, -0.2) is 59.5 Å². The number of nitrogens with zero attached hydrogens (tertiary/aromatic N) is 2. The maximum atomic E-state index is 11.7. The lowest BCUT2D eigenvalue weighted by molar-refractivity contribution is -0.145. The normalized spacial score (nSPS) is 23.8. The highest BCUT2D eigenvalue weighted by Crippen LogP contribution is 2.20. The lowest BCUT2D eigenvalue weighted by Gasteiger charge is -2.29. The van der Waals surface area contributed by atoms with E-state index in [9.17, 15) is 9.59 Å². The minimum absolute atomic E-state index is 0.0387. The van der Waals surface area contributed by atoms with Gasteiger partial charge in [0.15, 0.2) is 0 Å². The van der Waals surface area contributed by atoms with Crippen molar-refractivity contribution < 1.29 is 14.7 Å². The number of rotatable bonds is 3. The number of amides is 1. The predicted molar refractivity (Wildman–Crippen MR) is 55.5 cm³/mol. The summed E-state index contributed by atoms with van der Waals surface area (Å²) in [6.07, 6.45) is 1.49. The van der Waals surface area contributed by atoms with E-state index in [4.69, 9.17) is 5.11 Å². The topological polar surface area (TPSA) is 60.9 Å². The Morgan fingerprint density at radius 1 is 1.47 bits per heavy atom. The number of carbonyl (C=O) groups excluding carboxylic acids is 1. The van der Waals surface area contributed by atoms with Crippen molar-refractivity contribution in [2.45, 2.75) is 31.8 Å². The van der Waals surface area contributed by atoms with Gasteiger partial charge in [-0.25, -0.2) is 0 Å². The number of aliphatic carboxylic acids is 1. The highest BCUT2D eigenvalue weighted by molar-refractivity contribution is 5.82. The zero-order valence-corrected chi connectivity index (χ0v) is 9.43. The van der Waals surface area contributed by atoms with Crippen LogP contribution in [-0.2, 0) is 9.59 Å². The molecule has 0 aromatic heterocycles. The van der Waals surface area contributed by atoms with Crippen LogP contribution in [0.25, 0.3) is 0 Å². The SMILES string of the molecule is CC(C(=O)N(C)C)N1CCCC1C(=O)O. The molecular formula is C10H18N2O3. The Balaban J connectivity index is 2.70. The summed E-state index contributed by atoms with van der Waals surface area (Å²) >= 11 is 0. The third kappa shape index (κ3) is 2.47. The molecule has 2 unspecified atom stereocenters. The van der Waals surface area contributed by atoms with Gasteiger partial charge in [0.25, 0.3) is 0 Å². The smallest absolute Gasteiger partial charge is 0.320 e. The molecule has 15 heavy (non-hydrogen) atoms. The van der Waals surface area contributed by atoms with E-state index in [1.54, 1.807) is 25.9 Å². The second-order valence-electron chi connectivity index (χ2n) is 4.14. The predicted octanol–water partition coefficient (Wildman–Crippen LogP) is 0.0121. The van der Waals surface area contributed by atoms with Crippen molar-refractivity contribution in [1.29, 1.82) is 0 Å². The van der Waals surface area contributed by atoms with Gasteiger partial charge >= 0.3 is 5.97 Å². The van der Waals surface area contributed by atoms with E-state index in [-0.39, 0.29) is 11.9 Å².